The van der Waals surface area contributed by atoms with Crippen LogP contribution in [0.1, 0.15) is 15.9 Å². The summed E-state index contributed by atoms with van der Waals surface area (Å²) in [7, 11) is -2.95. The van der Waals surface area contributed by atoms with Crippen molar-refractivity contribution in [2.24, 2.45) is 0 Å². The van der Waals surface area contributed by atoms with Gasteiger partial charge in [0.2, 0.25) is 10.6 Å². The van der Waals surface area contributed by atoms with E-state index >= 15 is 0 Å². The van der Waals surface area contributed by atoms with Gasteiger partial charge in [-0.1, -0.05) is 24.3 Å². The van der Waals surface area contributed by atoms with E-state index in [4.69, 9.17) is 4.55 Å². The Hall–Kier alpha value is -1.38. The van der Waals surface area contributed by atoms with Gasteiger partial charge in [0.05, 0.1) is 5.25 Å². The number of aldehydes is 1. The number of hydrogen-bond donors (Lipinski definition) is 1. The van der Waals surface area contributed by atoms with Gasteiger partial charge in [0, 0.05) is 12.6 Å². The normalized spacial score (nSPS) is 23.1. The van der Waals surface area contributed by atoms with Crippen LogP contribution >= 0.6 is 11.8 Å². The van der Waals surface area contributed by atoms with Gasteiger partial charge >= 0.3 is 0 Å². The molecule has 2 atom stereocenters. The van der Waals surface area contributed by atoms with E-state index in [-0.39, 0.29) is 5.91 Å². The Morgan fingerprint density at radius 2 is 1.95 bits per heavy atom. The highest BCUT2D eigenvalue weighted by Gasteiger charge is 2.44. The Morgan fingerprint density at radius 3 is 2.40 bits per heavy atom. The summed E-state index contributed by atoms with van der Waals surface area (Å²) in [5, 5.41) is -0.561. The van der Waals surface area contributed by atoms with E-state index in [0.717, 1.165) is 28.5 Å². The van der Waals surface area contributed by atoms with Crippen molar-refractivity contribution in [3.05, 3.63) is 35.4 Å². The molecule has 0 aromatic heterocycles. The summed E-state index contributed by atoms with van der Waals surface area (Å²) in [6, 6.07) is 6.71. The van der Waals surface area contributed by atoms with Crippen LogP contribution in [0, 0.1) is 0 Å². The van der Waals surface area contributed by atoms with Crippen LogP contribution in [-0.2, 0) is 21.3 Å². The maximum Gasteiger partial charge on any atom is 0.296 e. The van der Waals surface area contributed by atoms with Crippen molar-refractivity contribution < 1.29 is 22.6 Å². The molecule has 1 aromatic carbocycles. The number of hydrogen-bond acceptors (Lipinski definition) is 5. The van der Waals surface area contributed by atoms with Crippen molar-refractivity contribution in [2.75, 3.05) is 7.05 Å². The van der Waals surface area contributed by atoms with Crippen LogP contribution in [0.25, 0.3) is 0 Å². The lowest BCUT2D eigenvalue weighted by Gasteiger charge is -2.14. The molecule has 0 bridgehead atoms. The fourth-order valence-corrected chi connectivity index (χ4v) is 4.58. The van der Waals surface area contributed by atoms with Crippen LogP contribution in [0.2, 0.25) is 0 Å². The molecule has 8 heteroatoms. The number of rotatable bonds is 4. The molecule has 20 heavy (non-hydrogen) atoms. The number of benzene rings is 1. The SMILES string of the molecule is CN1C(=O)C(Cc2ccc(C=O)cc2)SC1S(=O)(=O)O. The molecule has 1 N–H and O–H groups in total. The summed E-state index contributed by atoms with van der Waals surface area (Å²) in [5.74, 6) is -0.336. The monoisotopic (exact) mass is 315 g/mol. The van der Waals surface area contributed by atoms with Crippen LogP contribution in [0.4, 0.5) is 0 Å². The molecule has 0 spiro atoms. The van der Waals surface area contributed by atoms with Gasteiger partial charge in [-0.05, 0) is 12.0 Å². The van der Waals surface area contributed by atoms with Gasteiger partial charge in [-0.2, -0.15) is 8.42 Å². The zero-order chi connectivity index (χ0) is 14.9. The Balaban J connectivity index is 2.14. The Bertz CT molecular complexity index is 626. The summed E-state index contributed by atoms with van der Waals surface area (Å²) < 4.78 is 30.2. The molecule has 0 saturated carbocycles. The van der Waals surface area contributed by atoms with Crippen LogP contribution < -0.4 is 0 Å². The van der Waals surface area contributed by atoms with Crippen LogP contribution in [0.5, 0.6) is 0 Å². The molecule has 0 aliphatic carbocycles. The molecule has 108 valence electrons. The minimum Gasteiger partial charge on any atom is -0.317 e. The third kappa shape index (κ3) is 3.02. The molecule has 2 unspecified atom stereocenters. The minimum absolute atomic E-state index is 0.336. The van der Waals surface area contributed by atoms with E-state index < -0.39 is 20.1 Å². The predicted octanol–water partition coefficient (Wildman–Crippen LogP) is 0.787. The summed E-state index contributed by atoms with van der Waals surface area (Å²) in [6.07, 6.45) is 1.07. The van der Waals surface area contributed by atoms with Gasteiger partial charge in [-0.25, -0.2) is 0 Å². The van der Waals surface area contributed by atoms with Crippen molar-refractivity contribution in [3.8, 4) is 0 Å². The largest absolute Gasteiger partial charge is 0.317 e. The zero-order valence-electron chi connectivity index (χ0n) is 10.6. The van der Waals surface area contributed by atoms with Gasteiger partial charge < -0.3 is 4.90 Å². The van der Waals surface area contributed by atoms with E-state index in [9.17, 15) is 18.0 Å². The number of carbonyl (C=O) groups is 2. The first kappa shape index (κ1) is 15.0. The van der Waals surface area contributed by atoms with Gasteiger partial charge in [0.15, 0.2) is 0 Å². The second-order valence-electron chi connectivity index (χ2n) is 4.46. The Morgan fingerprint density at radius 1 is 1.35 bits per heavy atom. The second kappa shape index (κ2) is 5.55. The van der Waals surface area contributed by atoms with Crippen LogP contribution in [0.15, 0.2) is 24.3 Å². The lowest BCUT2D eigenvalue weighted by atomic mass is 10.1. The van der Waals surface area contributed by atoms with Gasteiger partial charge in [-0.3, -0.25) is 14.1 Å². The fourth-order valence-electron chi connectivity index (χ4n) is 1.97. The Kier molecular flexibility index (Phi) is 4.17. The first-order valence-corrected chi connectivity index (χ1v) is 8.20. The topological polar surface area (TPSA) is 91.8 Å². The standard InChI is InChI=1S/C12H13NO5S2/c1-13-11(15)10(19-12(13)20(16,17)18)6-8-2-4-9(7-14)5-3-8/h2-5,7,10,12H,6H2,1H3,(H,16,17,18). The molecule has 2 rings (SSSR count). The van der Waals surface area contributed by atoms with Crippen molar-refractivity contribution in [3.63, 3.8) is 0 Å². The second-order valence-corrected chi connectivity index (χ2v) is 7.52. The average Bonchev–Trinajstić information content (AvgIpc) is 2.68. The molecule has 1 heterocycles. The van der Waals surface area contributed by atoms with E-state index in [2.05, 4.69) is 0 Å². The third-order valence-electron chi connectivity index (χ3n) is 3.01. The summed E-state index contributed by atoms with van der Waals surface area (Å²) in [4.78, 5) is 23.5. The molecule has 1 aliphatic rings. The first-order chi connectivity index (χ1) is 9.32. The van der Waals surface area contributed by atoms with Crippen molar-refractivity contribution in [1.82, 2.24) is 4.90 Å². The maximum atomic E-state index is 12.0. The summed E-state index contributed by atoms with van der Waals surface area (Å²) in [6.45, 7) is 0. The quantitative estimate of drug-likeness (QED) is 0.652. The highest BCUT2D eigenvalue weighted by Crippen LogP contribution is 2.35. The van der Waals surface area contributed by atoms with Crippen molar-refractivity contribution in [2.45, 2.75) is 16.4 Å². The summed E-state index contributed by atoms with van der Waals surface area (Å²) in [5.41, 5.74) is 1.36. The third-order valence-corrected chi connectivity index (χ3v) is 6.15. The summed E-state index contributed by atoms with van der Waals surface area (Å²) >= 11 is 0.907. The molecule has 1 saturated heterocycles. The smallest absolute Gasteiger partial charge is 0.296 e. The van der Waals surface area contributed by atoms with Crippen molar-refractivity contribution >= 4 is 34.1 Å². The first-order valence-electron chi connectivity index (χ1n) is 5.75. The molecule has 0 radical (unpaired) electrons. The van der Waals surface area contributed by atoms with E-state index in [1.54, 1.807) is 24.3 Å². The zero-order valence-corrected chi connectivity index (χ0v) is 12.2. The lowest BCUT2D eigenvalue weighted by Crippen LogP contribution is -2.35. The fraction of sp³-hybridized carbons (Fsp3) is 0.333. The average molecular weight is 315 g/mol. The van der Waals surface area contributed by atoms with E-state index in [1.807, 2.05) is 0 Å². The highest BCUT2D eigenvalue weighted by molar-refractivity contribution is 8.12. The minimum atomic E-state index is -4.30. The van der Waals surface area contributed by atoms with E-state index in [1.165, 1.54) is 7.05 Å². The molecule has 1 aromatic rings. The van der Waals surface area contributed by atoms with Gasteiger partial charge in [-0.15, -0.1) is 11.8 Å². The number of thioether (sulfide) groups is 1. The molecular formula is C12H13NO5S2. The van der Waals surface area contributed by atoms with Crippen molar-refractivity contribution in [1.29, 1.82) is 0 Å². The molecule has 1 amide bonds. The number of carbonyl (C=O) groups excluding carboxylic acids is 2. The number of amides is 1. The molecule has 1 fully saturated rings. The van der Waals surface area contributed by atoms with Gasteiger partial charge in [0.25, 0.3) is 10.1 Å². The lowest BCUT2D eigenvalue weighted by molar-refractivity contribution is -0.127. The van der Waals surface area contributed by atoms with E-state index in [0.29, 0.717) is 12.0 Å². The van der Waals surface area contributed by atoms with Gasteiger partial charge in [0.1, 0.15) is 6.29 Å². The van der Waals surface area contributed by atoms with Crippen LogP contribution in [0.3, 0.4) is 0 Å². The maximum absolute atomic E-state index is 12.0. The Labute approximate surface area is 120 Å². The number of nitrogens with zero attached hydrogens (tertiary/aromatic N) is 1. The molecular weight excluding hydrogens is 302 g/mol. The molecule has 1 aliphatic heterocycles. The predicted molar refractivity (Wildman–Crippen MR) is 75.0 cm³/mol. The molecule has 6 nitrogen and oxygen atoms in total. The highest BCUT2D eigenvalue weighted by atomic mass is 32.3. The van der Waals surface area contributed by atoms with Crippen LogP contribution in [-0.4, -0.2) is 47.1 Å².